The van der Waals surface area contributed by atoms with E-state index in [1.54, 1.807) is 0 Å². The minimum atomic E-state index is 0. The third-order valence-electron chi connectivity index (χ3n) is 4.00. The second-order valence-electron chi connectivity index (χ2n) is 5.89. The van der Waals surface area contributed by atoms with E-state index < -0.39 is 0 Å². The molecular formula is C18H29IN4OS. The first-order valence-electron chi connectivity index (χ1n) is 8.55. The lowest BCUT2D eigenvalue weighted by Gasteiger charge is -2.21. The number of nitrogens with zero attached hydrogens (tertiary/aromatic N) is 3. The summed E-state index contributed by atoms with van der Waals surface area (Å²) in [6, 6.07) is 4.29. The predicted molar refractivity (Wildman–Crippen MR) is 116 cm³/mol. The van der Waals surface area contributed by atoms with Gasteiger partial charge in [0.05, 0.1) is 5.69 Å². The molecule has 0 saturated heterocycles. The maximum Gasteiger partial charge on any atom is 0.193 e. The van der Waals surface area contributed by atoms with E-state index in [1.807, 2.05) is 25.2 Å². The molecule has 2 heterocycles. The Bertz CT molecular complexity index is 620. The van der Waals surface area contributed by atoms with Crippen molar-refractivity contribution in [2.24, 2.45) is 4.99 Å². The number of hydrogen-bond acceptors (Lipinski definition) is 4. The summed E-state index contributed by atoms with van der Waals surface area (Å²) in [6.07, 6.45) is 3.01. The summed E-state index contributed by atoms with van der Waals surface area (Å²) in [5, 5.41) is 9.51. The number of rotatable bonds is 8. The van der Waals surface area contributed by atoms with Crippen LogP contribution >= 0.6 is 35.3 Å². The predicted octanol–water partition coefficient (Wildman–Crippen LogP) is 4.04. The Balaban J connectivity index is 0.00000312. The summed E-state index contributed by atoms with van der Waals surface area (Å²) in [7, 11) is 2.10. The normalized spacial score (nSPS) is 11.3. The van der Waals surface area contributed by atoms with Gasteiger partial charge in [0.2, 0.25) is 0 Å². The molecular weight excluding hydrogens is 447 g/mol. The van der Waals surface area contributed by atoms with Crippen molar-refractivity contribution in [2.75, 3.05) is 26.7 Å². The molecule has 0 fully saturated rings. The average molecular weight is 476 g/mol. The third kappa shape index (κ3) is 6.97. The van der Waals surface area contributed by atoms with E-state index in [1.165, 1.54) is 10.4 Å². The van der Waals surface area contributed by atoms with Crippen LogP contribution < -0.4 is 5.32 Å². The van der Waals surface area contributed by atoms with Crippen LogP contribution in [0.4, 0.5) is 0 Å². The lowest BCUT2D eigenvalue weighted by atomic mass is 10.1. The second kappa shape index (κ2) is 11.5. The van der Waals surface area contributed by atoms with Crippen LogP contribution in [-0.4, -0.2) is 42.7 Å². The fourth-order valence-corrected chi connectivity index (χ4v) is 3.31. The number of guanidine groups is 1. The number of halogens is 1. The Morgan fingerprint density at radius 1 is 1.36 bits per heavy atom. The summed E-state index contributed by atoms with van der Waals surface area (Å²) >= 11 is 1.81. The first-order chi connectivity index (χ1) is 11.6. The van der Waals surface area contributed by atoms with Crippen molar-refractivity contribution < 1.29 is 4.52 Å². The number of thiophene rings is 1. The molecule has 7 heteroatoms. The van der Waals surface area contributed by atoms with E-state index in [9.17, 15) is 0 Å². The van der Waals surface area contributed by atoms with Gasteiger partial charge < -0.3 is 14.7 Å². The molecule has 0 aliphatic heterocycles. The summed E-state index contributed by atoms with van der Waals surface area (Å²) < 4.78 is 5.21. The van der Waals surface area contributed by atoms with Crippen LogP contribution in [0, 0.1) is 13.8 Å². The molecule has 0 spiro atoms. The summed E-state index contributed by atoms with van der Waals surface area (Å²) in [4.78, 5) is 8.38. The van der Waals surface area contributed by atoms with Gasteiger partial charge in [0.1, 0.15) is 5.76 Å². The monoisotopic (exact) mass is 476 g/mol. The van der Waals surface area contributed by atoms with Crippen molar-refractivity contribution in [2.45, 2.75) is 40.0 Å². The van der Waals surface area contributed by atoms with Crippen LogP contribution in [0.15, 0.2) is 27.0 Å². The van der Waals surface area contributed by atoms with Crippen molar-refractivity contribution in [1.82, 2.24) is 15.4 Å². The van der Waals surface area contributed by atoms with Gasteiger partial charge in [-0.3, -0.25) is 4.99 Å². The molecule has 1 N–H and O–H groups in total. The average Bonchev–Trinajstić information content (AvgIpc) is 3.19. The van der Waals surface area contributed by atoms with Gasteiger partial charge in [0.25, 0.3) is 0 Å². The third-order valence-corrected chi connectivity index (χ3v) is 4.93. The van der Waals surface area contributed by atoms with Crippen LogP contribution in [0.2, 0.25) is 0 Å². The molecule has 0 aromatic carbocycles. The first-order valence-corrected chi connectivity index (χ1v) is 9.43. The second-order valence-corrected chi connectivity index (χ2v) is 6.93. The van der Waals surface area contributed by atoms with Crippen LogP contribution in [0.5, 0.6) is 0 Å². The quantitative estimate of drug-likeness (QED) is 0.271. The van der Waals surface area contributed by atoms with Gasteiger partial charge in [-0.2, -0.15) is 0 Å². The number of nitrogens with one attached hydrogen (secondary N) is 1. The molecule has 0 radical (unpaired) electrons. The number of aliphatic imine (C=N–C) groups is 1. The van der Waals surface area contributed by atoms with Crippen molar-refractivity contribution in [3.8, 4) is 0 Å². The zero-order valence-corrected chi connectivity index (χ0v) is 18.7. The molecule has 5 nitrogen and oxygen atoms in total. The molecule has 2 rings (SSSR count). The Kier molecular flexibility index (Phi) is 10.1. The largest absolute Gasteiger partial charge is 0.361 e. The number of aryl methyl sites for hydroxylation is 2. The maximum absolute atomic E-state index is 5.21. The molecule has 2 aromatic rings. The van der Waals surface area contributed by atoms with Gasteiger partial charge in [-0.1, -0.05) is 11.2 Å². The van der Waals surface area contributed by atoms with Crippen molar-refractivity contribution in [3.63, 3.8) is 0 Å². The molecule has 0 unspecified atom stereocenters. The van der Waals surface area contributed by atoms with Crippen molar-refractivity contribution in [3.05, 3.63) is 39.4 Å². The Labute approximate surface area is 171 Å². The molecule has 0 atom stereocenters. The molecule has 0 aliphatic carbocycles. The van der Waals surface area contributed by atoms with Gasteiger partial charge in [0, 0.05) is 37.1 Å². The SMILES string of the molecule is CCNC(=NCCCc1c(C)noc1C)N(C)CCc1cccs1.I. The Morgan fingerprint density at radius 3 is 2.76 bits per heavy atom. The fraction of sp³-hybridized carbons (Fsp3) is 0.556. The lowest BCUT2D eigenvalue weighted by Crippen LogP contribution is -2.40. The minimum Gasteiger partial charge on any atom is -0.361 e. The lowest BCUT2D eigenvalue weighted by molar-refractivity contribution is 0.392. The van der Waals surface area contributed by atoms with E-state index in [4.69, 9.17) is 9.52 Å². The summed E-state index contributed by atoms with van der Waals surface area (Å²) in [5.41, 5.74) is 2.22. The first kappa shape index (κ1) is 22.0. The maximum atomic E-state index is 5.21. The van der Waals surface area contributed by atoms with Crippen LogP contribution in [0.25, 0.3) is 0 Å². The molecule has 0 bridgehead atoms. The van der Waals surface area contributed by atoms with E-state index in [2.05, 4.69) is 46.9 Å². The van der Waals surface area contributed by atoms with Crippen molar-refractivity contribution >= 4 is 41.3 Å². The summed E-state index contributed by atoms with van der Waals surface area (Å²) in [6.45, 7) is 8.73. The fourth-order valence-electron chi connectivity index (χ4n) is 2.61. The molecule has 140 valence electrons. The van der Waals surface area contributed by atoms with Gasteiger partial charge >= 0.3 is 0 Å². The zero-order valence-electron chi connectivity index (χ0n) is 15.5. The van der Waals surface area contributed by atoms with E-state index in [-0.39, 0.29) is 24.0 Å². The highest BCUT2D eigenvalue weighted by Gasteiger charge is 2.09. The number of likely N-dealkylation sites (N-methyl/N-ethyl adjacent to an activating group) is 1. The molecule has 0 saturated carbocycles. The van der Waals surface area contributed by atoms with Crippen LogP contribution in [0.3, 0.4) is 0 Å². The van der Waals surface area contributed by atoms with E-state index in [0.717, 1.165) is 56.3 Å². The highest BCUT2D eigenvalue weighted by atomic mass is 127. The molecule has 0 aliphatic rings. The van der Waals surface area contributed by atoms with Gasteiger partial charge in [-0.15, -0.1) is 35.3 Å². The topological polar surface area (TPSA) is 53.7 Å². The van der Waals surface area contributed by atoms with E-state index >= 15 is 0 Å². The van der Waals surface area contributed by atoms with Gasteiger partial charge in [0.15, 0.2) is 5.96 Å². The Hall–Kier alpha value is -1.09. The Morgan fingerprint density at radius 2 is 2.16 bits per heavy atom. The van der Waals surface area contributed by atoms with Gasteiger partial charge in [-0.05, 0) is 51.5 Å². The smallest absolute Gasteiger partial charge is 0.193 e. The van der Waals surface area contributed by atoms with Crippen LogP contribution in [0.1, 0.15) is 35.2 Å². The molecule has 0 amide bonds. The number of aromatic nitrogens is 1. The van der Waals surface area contributed by atoms with Crippen molar-refractivity contribution in [1.29, 1.82) is 0 Å². The summed E-state index contributed by atoms with van der Waals surface area (Å²) in [5.74, 6) is 1.91. The van der Waals surface area contributed by atoms with E-state index in [0.29, 0.717) is 0 Å². The zero-order chi connectivity index (χ0) is 17.4. The van der Waals surface area contributed by atoms with Gasteiger partial charge in [-0.25, -0.2) is 0 Å². The molecule has 2 aromatic heterocycles. The minimum absolute atomic E-state index is 0. The highest BCUT2D eigenvalue weighted by molar-refractivity contribution is 14.0. The number of hydrogen-bond donors (Lipinski definition) is 1. The highest BCUT2D eigenvalue weighted by Crippen LogP contribution is 2.14. The van der Waals surface area contributed by atoms with Crippen LogP contribution in [-0.2, 0) is 12.8 Å². The standard InChI is InChI=1S/C18H28N4OS.HI/c1-5-19-18(22(4)12-10-16-8-7-13-24-16)20-11-6-9-17-14(2)21-23-15(17)3;/h7-8,13H,5-6,9-12H2,1-4H3,(H,19,20);1H. The molecule has 25 heavy (non-hydrogen) atoms.